The minimum atomic E-state index is -0.374. The smallest absolute Gasteiger partial charge is 0.337 e. The molecule has 0 radical (unpaired) electrons. The van der Waals surface area contributed by atoms with E-state index in [9.17, 15) is 9.59 Å². The lowest BCUT2D eigenvalue weighted by Crippen LogP contribution is -2.47. The van der Waals surface area contributed by atoms with Gasteiger partial charge in [-0.15, -0.1) is 0 Å². The van der Waals surface area contributed by atoms with Gasteiger partial charge in [0.25, 0.3) is 0 Å². The number of pyridine rings is 2. The number of aryl methyl sites for hydroxylation is 2. The molecule has 1 N–H and O–H groups in total. The Kier molecular flexibility index (Phi) is 19.0. The minimum Gasteiger partial charge on any atom is -0.465 e. The number of rotatable bonds is 13. The highest BCUT2D eigenvalue weighted by atomic mass is 35.5. The molecule has 2 fully saturated rings. The second-order valence-electron chi connectivity index (χ2n) is 15.0. The monoisotopic (exact) mass is 942 g/mol. The number of fused-ring (bicyclic) bond motifs is 2. The topological polar surface area (TPSA) is 170 Å². The Bertz CT molecular complexity index is 2530. The number of hydrogen-bond donors (Lipinski definition) is 1. The number of carbonyl (C=O) groups is 2. The van der Waals surface area contributed by atoms with Crippen LogP contribution in [0.2, 0.25) is 5.15 Å². The van der Waals surface area contributed by atoms with Crippen molar-refractivity contribution in [2.75, 3.05) is 112 Å². The lowest BCUT2D eigenvalue weighted by Gasteiger charge is -2.35. The van der Waals surface area contributed by atoms with Crippen LogP contribution in [0.5, 0.6) is 0 Å². The molecule has 19 heteroatoms. The molecule has 4 aromatic heterocycles. The number of halogens is 1. The van der Waals surface area contributed by atoms with Gasteiger partial charge in [-0.1, -0.05) is 47.3 Å². The number of carbonyl (C=O) groups excluding carboxylic acids is 2. The predicted molar refractivity (Wildman–Crippen MR) is 255 cm³/mol. The summed E-state index contributed by atoms with van der Waals surface area (Å²) in [5, 5.41) is 5.14. The van der Waals surface area contributed by atoms with Gasteiger partial charge in [-0.3, -0.25) is 9.80 Å². The van der Waals surface area contributed by atoms with Crippen molar-refractivity contribution in [1.82, 2.24) is 45.0 Å². The first kappa shape index (κ1) is 49.4. The molecule has 0 amide bonds. The van der Waals surface area contributed by atoms with Crippen LogP contribution in [0.1, 0.15) is 31.8 Å². The van der Waals surface area contributed by atoms with Gasteiger partial charge in [-0.2, -0.15) is 0 Å². The number of anilines is 1. The predicted octanol–water partition coefficient (Wildman–Crippen LogP) is 6.50. The van der Waals surface area contributed by atoms with E-state index in [4.69, 9.17) is 35.5 Å². The fourth-order valence-electron chi connectivity index (χ4n) is 6.82. The first-order valence-electron chi connectivity index (χ1n) is 21.1. The van der Waals surface area contributed by atoms with Crippen LogP contribution in [0, 0.1) is 13.8 Å². The average molecular weight is 944 g/mol. The SMILES string of the molecule is COC(=O)c1ccc(C)c(Sc2ncnc3ccc(Cl)nc23)c1.COCCN1CCN(c2ccc3ncnc(Sc4cc(C(=O)OC)ccc4C)c3n2)CC1.COCCN1CCNCC1. The summed E-state index contributed by atoms with van der Waals surface area (Å²) in [7, 11) is 6.23. The average Bonchev–Trinajstić information content (AvgIpc) is 3.34. The maximum atomic E-state index is 12.0. The summed E-state index contributed by atoms with van der Waals surface area (Å²) in [6.45, 7) is 16.0. The lowest BCUT2D eigenvalue weighted by molar-refractivity contribution is 0.0591. The second kappa shape index (κ2) is 25.0. The zero-order chi connectivity index (χ0) is 46.1. The van der Waals surface area contributed by atoms with Gasteiger partial charge >= 0.3 is 11.9 Å². The van der Waals surface area contributed by atoms with Crippen LogP contribution in [0.25, 0.3) is 22.1 Å². The van der Waals surface area contributed by atoms with E-state index in [1.54, 1.807) is 50.9 Å². The Morgan fingerprint density at radius 2 is 1.12 bits per heavy atom. The van der Waals surface area contributed by atoms with E-state index in [1.165, 1.54) is 57.2 Å². The number of ether oxygens (including phenoxy) is 4. The third-order valence-electron chi connectivity index (χ3n) is 10.6. The Hall–Kier alpha value is -5.05. The number of esters is 2. The molecule has 0 aliphatic carbocycles. The summed E-state index contributed by atoms with van der Waals surface area (Å²) in [5.74, 6) is 0.200. The molecule has 2 aromatic carbocycles. The summed E-state index contributed by atoms with van der Waals surface area (Å²) in [6, 6.07) is 18.4. The van der Waals surface area contributed by atoms with E-state index in [1.807, 2.05) is 44.2 Å². The van der Waals surface area contributed by atoms with Crippen molar-refractivity contribution in [3.63, 3.8) is 0 Å². The van der Waals surface area contributed by atoms with Gasteiger partial charge in [-0.05, 0) is 73.5 Å². The van der Waals surface area contributed by atoms with Gasteiger partial charge in [0.2, 0.25) is 0 Å². The van der Waals surface area contributed by atoms with E-state index >= 15 is 0 Å². The summed E-state index contributed by atoms with van der Waals surface area (Å²) in [4.78, 5) is 59.2. The van der Waals surface area contributed by atoms with Crippen LogP contribution in [0.3, 0.4) is 0 Å². The molecule has 2 saturated heterocycles. The van der Waals surface area contributed by atoms with Crippen molar-refractivity contribution in [3.8, 4) is 0 Å². The lowest BCUT2D eigenvalue weighted by atomic mass is 10.1. The van der Waals surface area contributed by atoms with E-state index in [0.29, 0.717) is 32.3 Å². The molecule has 6 heterocycles. The normalized spacial score (nSPS) is 14.3. The van der Waals surface area contributed by atoms with Gasteiger partial charge in [0.1, 0.15) is 44.7 Å². The molecule has 0 atom stereocenters. The highest BCUT2D eigenvalue weighted by molar-refractivity contribution is 7.99. The van der Waals surface area contributed by atoms with Crippen LogP contribution in [-0.2, 0) is 18.9 Å². The summed E-state index contributed by atoms with van der Waals surface area (Å²) in [5.41, 5.74) is 5.99. The summed E-state index contributed by atoms with van der Waals surface area (Å²) in [6.07, 6.45) is 3.04. The third kappa shape index (κ3) is 14.0. The molecule has 65 heavy (non-hydrogen) atoms. The van der Waals surface area contributed by atoms with Crippen molar-refractivity contribution < 1.29 is 28.5 Å². The van der Waals surface area contributed by atoms with Crippen LogP contribution in [0.4, 0.5) is 5.82 Å². The Morgan fingerprint density at radius 3 is 1.63 bits per heavy atom. The molecule has 2 aliphatic heterocycles. The number of nitrogens with zero attached hydrogens (tertiary/aromatic N) is 9. The van der Waals surface area contributed by atoms with E-state index in [2.05, 4.69) is 44.9 Å². The molecule has 6 aromatic rings. The number of aromatic nitrogens is 6. The zero-order valence-corrected chi connectivity index (χ0v) is 40.0. The van der Waals surface area contributed by atoms with Crippen molar-refractivity contribution >= 4 is 74.9 Å². The molecule has 0 spiro atoms. The number of hydrogen-bond acceptors (Lipinski definition) is 18. The number of piperazine rings is 2. The highest BCUT2D eigenvalue weighted by Gasteiger charge is 2.20. The second-order valence-corrected chi connectivity index (χ2v) is 17.4. The Morgan fingerprint density at radius 1 is 0.631 bits per heavy atom. The van der Waals surface area contributed by atoms with Gasteiger partial charge in [0, 0.05) is 89.5 Å². The molecular formula is C46H55ClN10O6S2. The van der Waals surface area contributed by atoms with Gasteiger partial charge < -0.3 is 29.2 Å². The maximum Gasteiger partial charge on any atom is 0.337 e. The minimum absolute atomic E-state index is 0.357. The van der Waals surface area contributed by atoms with Gasteiger partial charge in [0.05, 0.1) is 49.6 Å². The standard InChI is InChI=1S/C23H27N5O3S.C16H12ClN3O2S.C7H16N2O/c1-16-4-5-17(23(29)31-3)14-19(16)32-22-21-18(24-15-25-22)6-7-20(26-21)28-10-8-27(9-11-28)12-13-30-2;1-9-3-4-10(16(21)22-2)7-12(9)23-15-14-11(18-8-19-15)5-6-13(17)20-14;1-10-7-6-9-4-2-8-3-5-9/h4-7,14-15H,8-13H2,1-3H3;3-8H,1-2H3;8H,2-7H2,1H3. The highest BCUT2D eigenvalue weighted by Crippen LogP contribution is 2.35. The summed E-state index contributed by atoms with van der Waals surface area (Å²) < 4.78 is 19.8. The van der Waals surface area contributed by atoms with Crippen molar-refractivity contribution in [2.45, 2.75) is 33.7 Å². The largest absolute Gasteiger partial charge is 0.465 e. The van der Waals surface area contributed by atoms with Gasteiger partial charge in [-0.25, -0.2) is 39.5 Å². The molecule has 344 valence electrons. The first-order valence-corrected chi connectivity index (χ1v) is 23.1. The van der Waals surface area contributed by atoms with Crippen molar-refractivity contribution in [1.29, 1.82) is 0 Å². The molecule has 16 nitrogen and oxygen atoms in total. The maximum absolute atomic E-state index is 12.0. The molecule has 0 saturated carbocycles. The molecular weight excluding hydrogens is 888 g/mol. The molecule has 8 rings (SSSR count). The van der Waals surface area contributed by atoms with Crippen LogP contribution in [-0.4, -0.2) is 159 Å². The number of benzene rings is 2. The van der Waals surface area contributed by atoms with E-state index in [-0.39, 0.29) is 11.9 Å². The third-order valence-corrected chi connectivity index (χ3v) is 13.1. The zero-order valence-electron chi connectivity index (χ0n) is 37.6. The van der Waals surface area contributed by atoms with E-state index in [0.717, 1.165) is 108 Å². The first-order chi connectivity index (χ1) is 31.6. The van der Waals surface area contributed by atoms with Gasteiger partial charge in [0.15, 0.2) is 0 Å². The molecule has 2 aliphatic rings. The van der Waals surface area contributed by atoms with Crippen LogP contribution in [0.15, 0.2) is 93.2 Å². The summed E-state index contributed by atoms with van der Waals surface area (Å²) >= 11 is 8.88. The number of nitrogens with one attached hydrogen (secondary N) is 1. The van der Waals surface area contributed by atoms with E-state index < -0.39 is 0 Å². The Balaban J connectivity index is 0.000000184. The van der Waals surface area contributed by atoms with Crippen molar-refractivity contribution in [3.05, 3.63) is 101 Å². The Labute approximate surface area is 393 Å². The number of methoxy groups -OCH3 is 4. The van der Waals surface area contributed by atoms with Crippen molar-refractivity contribution in [2.24, 2.45) is 0 Å². The quantitative estimate of drug-likeness (QED) is 0.0755. The van der Waals surface area contributed by atoms with Crippen LogP contribution < -0.4 is 10.2 Å². The molecule has 0 unspecified atom stereocenters. The van der Waals surface area contributed by atoms with Crippen LogP contribution >= 0.6 is 35.1 Å². The fraction of sp³-hybridized carbons (Fsp3) is 0.391. The fourth-order valence-corrected chi connectivity index (χ4v) is 8.91. The molecule has 0 bridgehead atoms.